The van der Waals surface area contributed by atoms with E-state index >= 15 is 0 Å². The topological polar surface area (TPSA) is 66.8 Å². The van der Waals surface area contributed by atoms with E-state index in [0.29, 0.717) is 0 Å². The van der Waals surface area contributed by atoms with E-state index in [9.17, 15) is 4.57 Å². The first-order valence-corrected chi connectivity index (χ1v) is 6.18. The summed E-state index contributed by atoms with van der Waals surface area (Å²) in [6.45, 7) is 0. The standard InChI is InChI=1S/C8H7O4PS/c9-13(10,11)12-7-1-2-8-6(5-7)3-4-14-8/h1-5H,(H2,9,10,11). The third kappa shape index (κ3) is 2.13. The molecule has 1 aromatic carbocycles. The molecule has 14 heavy (non-hydrogen) atoms. The van der Waals surface area contributed by atoms with E-state index in [1.54, 1.807) is 23.5 Å². The first-order valence-electron chi connectivity index (χ1n) is 3.77. The summed E-state index contributed by atoms with van der Waals surface area (Å²) >= 11 is 1.56. The molecule has 0 spiro atoms. The van der Waals surface area contributed by atoms with E-state index in [1.165, 1.54) is 6.07 Å². The number of fused-ring (bicyclic) bond motifs is 1. The molecule has 2 aromatic rings. The zero-order valence-corrected chi connectivity index (χ0v) is 8.66. The molecule has 0 radical (unpaired) electrons. The van der Waals surface area contributed by atoms with Crippen molar-refractivity contribution in [3.63, 3.8) is 0 Å². The van der Waals surface area contributed by atoms with Crippen LogP contribution in [-0.2, 0) is 4.57 Å². The molecule has 0 bridgehead atoms. The Kier molecular flexibility index (Phi) is 2.33. The fraction of sp³-hybridized carbons (Fsp3) is 0. The minimum atomic E-state index is -4.44. The number of benzene rings is 1. The Morgan fingerprint density at radius 2 is 2.07 bits per heavy atom. The Balaban J connectivity index is 2.39. The summed E-state index contributed by atoms with van der Waals surface area (Å²) in [4.78, 5) is 17.2. The van der Waals surface area contributed by atoms with Gasteiger partial charge in [-0.05, 0) is 35.0 Å². The van der Waals surface area contributed by atoms with Crippen molar-refractivity contribution in [3.05, 3.63) is 29.6 Å². The van der Waals surface area contributed by atoms with Crippen molar-refractivity contribution in [2.45, 2.75) is 0 Å². The lowest BCUT2D eigenvalue weighted by Gasteiger charge is -2.05. The second-order valence-electron chi connectivity index (χ2n) is 2.70. The fourth-order valence-corrected chi connectivity index (χ4v) is 2.30. The molecule has 1 heterocycles. The lowest BCUT2D eigenvalue weighted by molar-refractivity contribution is 0.283. The molecule has 1 aromatic heterocycles. The molecule has 2 N–H and O–H groups in total. The highest BCUT2D eigenvalue weighted by Gasteiger charge is 2.15. The maximum absolute atomic E-state index is 10.5. The predicted octanol–water partition coefficient (Wildman–Crippen LogP) is 2.37. The van der Waals surface area contributed by atoms with Gasteiger partial charge < -0.3 is 4.52 Å². The molecule has 0 unspecified atom stereocenters. The monoisotopic (exact) mass is 230 g/mol. The average Bonchev–Trinajstić information content (AvgIpc) is 2.47. The third-order valence-electron chi connectivity index (χ3n) is 1.65. The minimum absolute atomic E-state index is 0.184. The van der Waals surface area contributed by atoms with Crippen LogP contribution in [0.3, 0.4) is 0 Å². The highest BCUT2D eigenvalue weighted by Crippen LogP contribution is 2.38. The quantitative estimate of drug-likeness (QED) is 0.777. The minimum Gasteiger partial charge on any atom is -0.404 e. The Morgan fingerprint density at radius 1 is 1.29 bits per heavy atom. The number of phosphoric ester groups is 1. The van der Waals surface area contributed by atoms with Crippen LogP contribution in [0.4, 0.5) is 0 Å². The second-order valence-corrected chi connectivity index (χ2v) is 4.81. The molecule has 0 aliphatic carbocycles. The molecular weight excluding hydrogens is 223 g/mol. The number of hydrogen-bond acceptors (Lipinski definition) is 3. The van der Waals surface area contributed by atoms with Crippen LogP contribution < -0.4 is 4.52 Å². The van der Waals surface area contributed by atoms with Crippen molar-refractivity contribution in [3.8, 4) is 5.75 Å². The summed E-state index contributed by atoms with van der Waals surface area (Å²) in [7, 11) is -4.44. The SMILES string of the molecule is O=P(O)(O)Oc1ccc2sccc2c1. The van der Waals surface area contributed by atoms with Crippen LogP contribution in [0.2, 0.25) is 0 Å². The Hall–Kier alpha value is -0.870. The third-order valence-corrected chi connectivity index (χ3v) is 2.99. The molecule has 0 fully saturated rings. The lowest BCUT2D eigenvalue weighted by atomic mass is 10.2. The molecule has 4 nitrogen and oxygen atoms in total. The Bertz CT molecular complexity index is 501. The lowest BCUT2D eigenvalue weighted by Crippen LogP contribution is -1.89. The normalized spacial score (nSPS) is 11.9. The fourth-order valence-electron chi connectivity index (χ4n) is 1.14. The van der Waals surface area contributed by atoms with Gasteiger partial charge in [-0.2, -0.15) is 0 Å². The molecule has 74 valence electrons. The van der Waals surface area contributed by atoms with Crippen molar-refractivity contribution in [2.24, 2.45) is 0 Å². The van der Waals surface area contributed by atoms with Gasteiger partial charge >= 0.3 is 7.82 Å². The van der Waals surface area contributed by atoms with Crippen molar-refractivity contribution in [1.29, 1.82) is 0 Å². The largest absolute Gasteiger partial charge is 0.524 e. The molecule has 0 saturated heterocycles. The van der Waals surface area contributed by atoms with Crippen LogP contribution in [-0.4, -0.2) is 9.79 Å². The summed E-state index contributed by atoms with van der Waals surface area (Å²) in [5, 5.41) is 2.83. The zero-order chi connectivity index (χ0) is 10.2. The van der Waals surface area contributed by atoms with Crippen molar-refractivity contribution < 1.29 is 18.9 Å². The first-order chi connectivity index (χ1) is 6.54. The van der Waals surface area contributed by atoms with Gasteiger partial charge in [-0.3, -0.25) is 9.79 Å². The summed E-state index contributed by atoms with van der Waals surface area (Å²) in [5.74, 6) is 0.184. The summed E-state index contributed by atoms with van der Waals surface area (Å²) in [5.41, 5.74) is 0. The average molecular weight is 230 g/mol. The van der Waals surface area contributed by atoms with Crippen LogP contribution >= 0.6 is 19.2 Å². The van der Waals surface area contributed by atoms with Crippen LogP contribution in [0.5, 0.6) is 5.75 Å². The summed E-state index contributed by atoms with van der Waals surface area (Å²) < 4.78 is 16.1. The van der Waals surface area contributed by atoms with Gasteiger partial charge in [0, 0.05) is 4.70 Å². The number of phosphoric acid groups is 1. The van der Waals surface area contributed by atoms with Gasteiger partial charge in [0.1, 0.15) is 5.75 Å². The van der Waals surface area contributed by atoms with E-state index in [2.05, 4.69) is 4.52 Å². The Morgan fingerprint density at radius 3 is 2.79 bits per heavy atom. The van der Waals surface area contributed by atoms with Crippen molar-refractivity contribution in [2.75, 3.05) is 0 Å². The summed E-state index contributed by atoms with van der Waals surface area (Å²) in [6.07, 6.45) is 0. The molecule has 0 aliphatic heterocycles. The van der Waals surface area contributed by atoms with E-state index in [1.807, 2.05) is 11.4 Å². The second kappa shape index (κ2) is 3.37. The van der Waals surface area contributed by atoms with Crippen LogP contribution in [0, 0.1) is 0 Å². The van der Waals surface area contributed by atoms with E-state index in [0.717, 1.165) is 10.1 Å². The van der Waals surface area contributed by atoms with Gasteiger partial charge in [0.25, 0.3) is 0 Å². The van der Waals surface area contributed by atoms with Gasteiger partial charge in [0.15, 0.2) is 0 Å². The van der Waals surface area contributed by atoms with Gasteiger partial charge in [-0.15, -0.1) is 11.3 Å². The van der Waals surface area contributed by atoms with Crippen molar-refractivity contribution >= 4 is 29.2 Å². The predicted molar refractivity (Wildman–Crippen MR) is 54.5 cm³/mol. The van der Waals surface area contributed by atoms with Gasteiger partial charge in [-0.25, -0.2) is 4.57 Å². The highest BCUT2D eigenvalue weighted by molar-refractivity contribution is 7.46. The van der Waals surface area contributed by atoms with Gasteiger partial charge in [-0.1, -0.05) is 0 Å². The maximum atomic E-state index is 10.5. The zero-order valence-electron chi connectivity index (χ0n) is 6.95. The highest BCUT2D eigenvalue weighted by atomic mass is 32.1. The summed E-state index contributed by atoms with van der Waals surface area (Å²) in [6, 6.07) is 6.78. The van der Waals surface area contributed by atoms with Gasteiger partial charge in [0.2, 0.25) is 0 Å². The molecule has 0 saturated carbocycles. The molecular formula is C8H7O4PS. The number of hydrogen-bond donors (Lipinski definition) is 2. The first kappa shape index (κ1) is 9.68. The van der Waals surface area contributed by atoms with Crippen LogP contribution in [0.25, 0.3) is 10.1 Å². The maximum Gasteiger partial charge on any atom is 0.524 e. The van der Waals surface area contributed by atoms with E-state index in [-0.39, 0.29) is 5.75 Å². The number of rotatable bonds is 2. The van der Waals surface area contributed by atoms with E-state index in [4.69, 9.17) is 9.79 Å². The van der Waals surface area contributed by atoms with Gasteiger partial charge in [0.05, 0.1) is 0 Å². The molecule has 6 heteroatoms. The molecule has 0 aliphatic rings. The molecule has 0 amide bonds. The molecule has 2 rings (SSSR count). The van der Waals surface area contributed by atoms with Crippen LogP contribution in [0.15, 0.2) is 29.6 Å². The number of thiophene rings is 1. The Labute approximate surface area is 84.0 Å². The van der Waals surface area contributed by atoms with Crippen LogP contribution in [0.1, 0.15) is 0 Å². The van der Waals surface area contributed by atoms with Crippen molar-refractivity contribution in [1.82, 2.24) is 0 Å². The molecule has 0 atom stereocenters. The smallest absolute Gasteiger partial charge is 0.404 e. The van der Waals surface area contributed by atoms with E-state index < -0.39 is 7.82 Å².